The van der Waals surface area contributed by atoms with Crippen LogP contribution in [0, 0.1) is 5.92 Å². The number of primary amides is 1. The molecule has 1 aliphatic heterocycles. The standard InChI is InChI=1S/C19H19N3O.C7H16N2O/c23-19(17-7-4-10-22-14-20-13-18(17)22)21-11-8-16(9-12-21)15-5-2-1-3-6-15;1-5(2)3-4-6(8)7(9)10/h1-7,10,13-14,16H,8-9,11-12H2;5-6H,3-4,8H2,1-2H3,(H2,9,10). The van der Waals surface area contributed by atoms with Crippen molar-refractivity contribution in [1.29, 1.82) is 0 Å². The van der Waals surface area contributed by atoms with Crippen LogP contribution in [0.25, 0.3) is 5.52 Å². The number of nitrogens with zero attached hydrogens (tertiary/aromatic N) is 3. The summed E-state index contributed by atoms with van der Waals surface area (Å²) in [5, 5.41) is 0. The van der Waals surface area contributed by atoms with Crippen LogP contribution >= 0.6 is 0 Å². The van der Waals surface area contributed by atoms with E-state index in [1.54, 1.807) is 12.5 Å². The second-order valence-electron chi connectivity index (χ2n) is 9.07. The number of rotatable bonds is 6. The molecule has 0 bridgehead atoms. The molecule has 0 radical (unpaired) electrons. The van der Waals surface area contributed by atoms with Crippen molar-refractivity contribution in [2.45, 2.75) is 51.5 Å². The van der Waals surface area contributed by atoms with Crippen molar-refractivity contribution in [3.8, 4) is 0 Å². The Morgan fingerprint density at radius 3 is 2.39 bits per heavy atom. The van der Waals surface area contributed by atoms with Crippen molar-refractivity contribution in [2.75, 3.05) is 13.1 Å². The molecule has 3 aromatic rings. The van der Waals surface area contributed by atoms with Crippen LogP contribution in [0.15, 0.2) is 61.2 Å². The van der Waals surface area contributed by atoms with Crippen molar-refractivity contribution >= 4 is 17.3 Å². The lowest BCUT2D eigenvalue weighted by molar-refractivity contribution is -0.119. The molecular weight excluding hydrogens is 414 g/mol. The van der Waals surface area contributed by atoms with Gasteiger partial charge in [-0.05, 0) is 55.2 Å². The van der Waals surface area contributed by atoms with E-state index < -0.39 is 11.9 Å². The maximum absolute atomic E-state index is 12.8. The minimum Gasteiger partial charge on any atom is -0.368 e. The maximum atomic E-state index is 12.8. The second-order valence-corrected chi connectivity index (χ2v) is 9.07. The molecule has 1 aromatic carbocycles. The summed E-state index contributed by atoms with van der Waals surface area (Å²) >= 11 is 0. The Morgan fingerprint density at radius 2 is 1.76 bits per heavy atom. The van der Waals surface area contributed by atoms with E-state index in [9.17, 15) is 9.59 Å². The fourth-order valence-electron chi connectivity index (χ4n) is 4.10. The second kappa shape index (κ2) is 11.6. The number of nitrogens with two attached hydrogens (primary N) is 2. The normalized spacial score (nSPS) is 15.2. The van der Waals surface area contributed by atoms with E-state index in [2.05, 4.69) is 43.1 Å². The lowest BCUT2D eigenvalue weighted by Gasteiger charge is -2.32. The van der Waals surface area contributed by atoms with Crippen LogP contribution in [0.5, 0.6) is 0 Å². The van der Waals surface area contributed by atoms with Gasteiger partial charge in [-0.15, -0.1) is 0 Å². The van der Waals surface area contributed by atoms with E-state index in [1.165, 1.54) is 5.56 Å². The third kappa shape index (κ3) is 6.65. The summed E-state index contributed by atoms with van der Waals surface area (Å²) in [5.41, 5.74) is 13.4. The Kier molecular flexibility index (Phi) is 8.60. The van der Waals surface area contributed by atoms with Gasteiger partial charge in [0.2, 0.25) is 5.91 Å². The Bertz CT molecular complexity index is 1040. The molecule has 2 amide bonds. The van der Waals surface area contributed by atoms with Gasteiger partial charge in [-0.2, -0.15) is 0 Å². The van der Waals surface area contributed by atoms with E-state index in [-0.39, 0.29) is 5.91 Å². The van der Waals surface area contributed by atoms with Gasteiger partial charge in [0.15, 0.2) is 0 Å². The number of aromatic nitrogens is 2. The quantitative estimate of drug-likeness (QED) is 0.600. The van der Waals surface area contributed by atoms with Crippen LogP contribution in [0.4, 0.5) is 0 Å². The molecule has 3 heterocycles. The number of fused-ring (bicyclic) bond motifs is 1. The number of amides is 2. The lowest BCUT2D eigenvalue weighted by Crippen LogP contribution is -2.38. The van der Waals surface area contributed by atoms with Crippen molar-refractivity contribution < 1.29 is 9.59 Å². The zero-order valence-corrected chi connectivity index (χ0v) is 19.6. The van der Waals surface area contributed by atoms with E-state index >= 15 is 0 Å². The van der Waals surface area contributed by atoms with Crippen LogP contribution in [-0.4, -0.2) is 45.2 Å². The monoisotopic (exact) mass is 449 g/mol. The summed E-state index contributed by atoms with van der Waals surface area (Å²) in [7, 11) is 0. The summed E-state index contributed by atoms with van der Waals surface area (Å²) in [5.74, 6) is 0.861. The molecule has 0 saturated carbocycles. The van der Waals surface area contributed by atoms with Crippen molar-refractivity contribution in [2.24, 2.45) is 17.4 Å². The first-order valence-corrected chi connectivity index (χ1v) is 11.7. The molecule has 176 valence electrons. The third-order valence-electron chi connectivity index (χ3n) is 6.16. The highest BCUT2D eigenvalue weighted by Gasteiger charge is 2.25. The van der Waals surface area contributed by atoms with Crippen molar-refractivity contribution in [3.05, 3.63) is 72.3 Å². The Balaban J connectivity index is 0.000000262. The topological polar surface area (TPSA) is 107 Å². The summed E-state index contributed by atoms with van der Waals surface area (Å²) < 4.78 is 1.89. The van der Waals surface area contributed by atoms with Gasteiger partial charge < -0.3 is 20.8 Å². The molecule has 2 aromatic heterocycles. The van der Waals surface area contributed by atoms with Gasteiger partial charge in [-0.3, -0.25) is 9.59 Å². The first-order valence-electron chi connectivity index (χ1n) is 11.7. The number of hydrogen-bond acceptors (Lipinski definition) is 4. The summed E-state index contributed by atoms with van der Waals surface area (Å²) in [4.78, 5) is 29.4. The van der Waals surface area contributed by atoms with Gasteiger partial charge in [0.05, 0.1) is 29.6 Å². The minimum absolute atomic E-state index is 0.114. The number of carbonyl (C=O) groups is 2. The van der Waals surface area contributed by atoms with E-state index in [4.69, 9.17) is 11.5 Å². The molecule has 0 aliphatic carbocycles. The number of pyridine rings is 1. The number of benzene rings is 1. The van der Waals surface area contributed by atoms with Gasteiger partial charge in [0.1, 0.15) is 0 Å². The molecule has 7 heteroatoms. The molecule has 0 spiro atoms. The van der Waals surface area contributed by atoms with Crippen molar-refractivity contribution in [1.82, 2.24) is 14.3 Å². The fraction of sp³-hybridized carbons (Fsp3) is 0.423. The largest absolute Gasteiger partial charge is 0.368 e. The van der Waals surface area contributed by atoms with Crippen LogP contribution in [0.1, 0.15) is 61.4 Å². The summed E-state index contributed by atoms with van der Waals surface area (Å²) in [6.45, 7) is 5.81. The molecule has 33 heavy (non-hydrogen) atoms. The molecule has 7 nitrogen and oxygen atoms in total. The van der Waals surface area contributed by atoms with Crippen LogP contribution in [0.3, 0.4) is 0 Å². The lowest BCUT2D eigenvalue weighted by atomic mass is 9.89. The molecular formula is C26H35N5O2. The number of imidazole rings is 1. The number of likely N-dealkylation sites (tertiary alicyclic amines) is 1. The molecule has 1 fully saturated rings. The van der Waals surface area contributed by atoms with Gasteiger partial charge in [0, 0.05) is 19.3 Å². The first-order chi connectivity index (χ1) is 15.9. The molecule has 1 aliphatic rings. The average molecular weight is 450 g/mol. The zero-order chi connectivity index (χ0) is 23.8. The highest BCUT2D eigenvalue weighted by atomic mass is 16.2. The van der Waals surface area contributed by atoms with Gasteiger partial charge in [0.25, 0.3) is 5.91 Å². The van der Waals surface area contributed by atoms with E-state index in [0.29, 0.717) is 18.3 Å². The van der Waals surface area contributed by atoms with Crippen LogP contribution < -0.4 is 11.5 Å². The summed E-state index contributed by atoms with van der Waals surface area (Å²) in [6, 6.07) is 13.9. The molecule has 1 unspecified atom stereocenters. The maximum Gasteiger partial charge on any atom is 0.256 e. The van der Waals surface area contributed by atoms with Crippen molar-refractivity contribution in [3.63, 3.8) is 0 Å². The predicted molar refractivity (Wildman–Crippen MR) is 131 cm³/mol. The molecule has 4 rings (SSSR count). The van der Waals surface area contributed by atoms with Crippen LogP contribution in [-0.2, 0) is 4.79 Å². The minimum atomic E-state index is -0.456. The molecule has 1 saturated heterocycles. The van der Waals surface area contributed by atoms with Gasteiger partial charge in [-0.25, -0.2) is 4.98 Å². The van der Waals surface area contributed by atoms with E-state index in [0.717, 1.165) is 43.4 Å². The summed E-state index contributed by atoms with van der Waals surface area (Å²) in [6.07, 6.45) is 9.12. The number of hydrogen-bond donors (Lipinski definition) is 2. The Labute approximate surface area is 195 Å². The SMILES string of the molecule is CC(C)CCC(N)C(N)=O.O=C(c1cccn2cncc12)N1CCC(c2ccccc2)CC1. The highest BCUT2D eigenvalue weighted by Crippen LogP contribution is 2.28. The zero-order valence-electron chi connectivity index (χ0n) is 19.6. The fourth-order valence-corrected chi connectivity index (χ4v) is 4.10. The Hall–Kier alpha value is -3.19. The Morgan fingerprint density at radius 1 is 1.06 bits per heavy atom. The van der Waals surface area contributed by atoms with Crippen LogP contribution in [0.2, 0.25) is 0 Å². The smallest absolute Gasteiger partial charge is 0.256 e. The average Bonchev–Trinajstić information content (AvgIpc) is 3.32. The van der Waals surface area contributed by atoms with Gasteiger partial charge >= 0.3 is 0 Å². The number of carbonyl (C=O) groups excluding carboxylic acids is 2. The highest BCUT2D eigenvalue weighted by molar-refractivity contribution is 6.00. The third-order valence-corrected chi connectivity index (χ3v) is 6.16. The van der Waals surface area contributed by atoms with Gasteiger partial charge in [-0.1, -0.05) is 44.2 Å². The molecule has 4 N–H and O–H groups in total. The molecule has 1 atom stereocenters. The predicted octanol–water partition coefficient (Wildman–Crippen LogP) is 3.59. The number of piperidine rings is 1. The first kappa shape index (κ1) is 24.5. The van der Waals surface area contributed by atoms with E-state index in [1.807, 2.05) is 33.7 Å².